The highest BCUT2D eigenvalue weighted by Gasteiger charge is 2.23. The van der Waals surface area contributed by atoms with E-state index in [1.165, 1.54) is 6.07 Å². The molecule has 3 heteroatoms. The minimum absolute atomic E-state index is 0.0136. The number of rotatable bonds is 0. The fourth-order valence-electron chi connectivity index (χ4n) is 1.50. The molecule has 0 spiro atoms. The summed E-state index contributed by atoms with van der Waals surface area (Å²) in [6.07, 6.45) is 0.837. The zero-order chi connectivity index (χ0) is 8.72. The number of benzene rings is 1. The Morgan fingerprint density at radius 3 is 2.83 bits per heavy atom. The summed E-state index contributed by atoms with van der Waals surface area (Å²) in [4.78, 5) is 11.1. The van der Waals surface area contributed by atoms with E-state index in [2.05, 4.69) is 0 Å². The van der Waals surface area contributed by atoms with Gasteiger partial charge < -0.3 is 5.11 Å². The summed E-state index contributed by atoms with van der Waals surface area (Å²) in [6.45, 7) is 0. The van der Waals surface area contributed by atoms with E-state index in [1.807, 2.05) is 0 Å². The Kier molecular flexibility index (Phi) is 1.40. The Labute approximate surface area is 68.6 Å². The van der Waals surface area contributed by atoms with E-state index >= 15 is 0 Å². The molecule has 12 heavy (non-hydrogen) atoms. The van der Waals surface area contributed by atoms with Crippen molar-refractivity contribution in [2.75, 3.05) is 0 Å². The molecule has 0 atom stereocenters. The van der Waals surface area contributed by atoms with Crippen molar-refractivity contribution in [3.05, 3.63) is 29.1 Å². The molecule has 0 bridgehead atoms. The molecule has 0 amide bonds. The molecule has 0 aromatic heterocycles. The number of fused-ring (bicyclic) bond motifs is 1. The van der Waals surface area contributed by atoms with Gasteiger partial charge in [-0.05, 0) is 18.6 Å². The topological polar surface area (TPSA) is 37.3 Å². The van der Waals surface area contributed by atoms with E-state index in [0.29, 0.717) is 24.0 Å². The highest BCUT2D eigenvalue weighted by molar-refractivity contribution is 6.01. The van der Waals surface area contributed by atoms with Gasteiger partial charge in [0.1, 0.15) is 0 Å². The van der Waals surface area contributed by atoms with Crippen LogP contribution in [-0.4, -0.2) is 10.9 Å². The van der Waals surface area contributed by atoms with Gasteiger partial charge in [-0.15, -0.1) is 0 Å². The van der Waals surface area contributed by atoms with Crippen molar-refractivity contribution in [1.82, 2.24) is 0 Å². The summed E-state index contributed by atoms with van der Waals surface area (Å²) in [6, 6.07) is 2.55. The zero-order valence-corrected chi connectivity index (χ0v) is 6.30. The number of ketones is 1. The molecule has 1 N–H and O–H groups in total. The molecule has 0 aliphatic heterocycles. The maximum absolute atomic E-state index is 12.7. The highest BCUT2D eigenvalue weighted by Crippen LogP contribution is 2.31. The molecule has 0 saturated carbocycles. The van der Waals surface area contributed by atoms with E-state index in [4.69, 9.17) is 0 Å². The lowest BCUT2D eigenvalue weighted by atomic mass is 10.1. The van der Waals surface area contributed by atoms with E-state index in [0.717, 1.165) is 6.07 Å². The Hall–Kier alpha value is -1.38. The lowest BCUT2D eigenvalue weighted by Crippen LogP contribution is -1.91. The molecule has 1 aromatic rings. The number of phenols is 1. The summed E-state index contributed by atoms with van der Waals surface area (Å²) in [7, 11) is 0. The third-order valence-electron chi connectivity index (χ3n) is 2.14. The second-order valence-electron chi connectivity index (χ2n) is 2.85. The number of Topliss-reactive ketones (excluding diaryl/α,β-unsaturated/α-hetero) is 1. The van der Waals surface area contributed by atoms with Crippen LogP contribution in [-0.2, 0) is 6.42 Å². The van der Waals surface area contributed by atoms with Crippen molar-refractivity contribution in [2.24, 2.45) is 0 Å². The molecule has 0 heterocycles. The average Bonchev–Trinajstić information content (AvgIpc) is 2.41. The monoisotopic (exact) mass is 166 g/mol. The summed E-state index contributed by atoms with van der Waals surface area (Å²) >= 11 is 0. The molecule has 1 aromatic carbocycles. The normalized spacial score (nSPS) is 14.9. The number of hydrogen-bond acceptors (Lipinski definition) is 2. The van der Waals surface area contributed by atoms with Gasteiger partial charge in [0.25, 0.3) is 0 Å². The van der Waals surface area contributed by atoms with Crippen molar-refractivity contribution in [1.29, 1.82) is 0 Å². The molecule has 2 nitrogen and oxygen atoms in total. The fourth-order valence-corrected chi connectivity index (χ4v) is 1.50. The summed E-state index contributed by atoms with van der Waals surface area (Å²) < 4.78 is 12.7. The first-order valence-electron chi connectivity index (χ1n) is 3.73. The first kappa shape index (κ1) is 7.28. The van der Waals surface area contributed by atoms with E-state index in [1.54, 1.807) is 0 Å². The molecule has 62 valence electrons. The van der Waals surface area contributed by atoms with Crippen LogP contribution in [0.1, 0.15) is 22.3 Å². The van der Waals surface area contributed by atoms with Crippen LogP contribution in [0.25, 0.3) is 0 Å². The van der Waals surface area contributed by atoms with E-state index in [9.17, 15) is 14.3 Å². The standard InChI is InChI=1S/C9H7FO2/c10-7-3-1-5-6(9(7)12)2-4-8(5)11/h1,3,12H,2,4H2. The van der Waals surface area contributed by atoms with Crippen LogP contribution in [0.2, 0.25) is 0 Å². The number of hydrogen-bond donors (Lipinski definition) is 1. The smallest absolute Gasteiger partial charge is 0.165 e. The molecule has 2 rings (SSSR count). The summed E-state index contributed by atoms with van der Waals surface area (Å²) in [5.41, 5.74) is 0.925. The Bertz CT molecular complexity index is 358. The lowest BCUT2D eigenvalue weighted by Gasteiger charge is -2.00. The minimum atomic E-state index is -0.650. The Morgan fingerprint density at radius 2 is 2.08 bits per heavy atom. The third-order valence-corrected chi connectivity index (χ3v) is 2.14. The molecule has 0 saturated heterocycles. The van der Waals surface area contributed by atoms with Gasteiger partial charge in [-0.25, -0.2) is 4.39 Å². The van der Waals surface area contributed by atoms with E-state index in [-0.39, 0.29) is 11.5 Å². The van der Waals surface area contributed by atoms with Gasteiger partial charge >= 0.3 is 0 Å². The van der Waals surface area contributed by atoms with Crippen LogP contribution in [0.4, 0.5) is 4.39 Å². The van der Waals surface area contributed by atoms with Crippen LogP contribution in [0.15, 0.2) is 12.1 Å². The number of carbonyl (C=O) groups is 1. The number of carbonyl (C=O) groups excluding carboxylic acids is 1. The lowest BCUT2D eigenvalue weighted by molar-refractivity contribution is 0.0994. The Balaban J connectivity index is 2.68. The van der Waals surface area contributed by atoms with Gasteiger partial charge in [0.2, 0.25) is 0 Å². The molecule has 0 radical (unpaired) electrons. The van der Waals surface area contributed by atoms with Gasteiger partial charge in [0, 0.05) is 17.5 Å². The maximum Gasteiger partial charge on any atom is 0.165 e. The van der Waals surface area contributed by atoms with Crippen LogP contribution in [0, 0.1) is 5.82 Å². The van der Waals surface area contributed by atoms with Crippen molar-refractivity contribution >= 4 is 5.78 Å². The molecule has 1 aliphatic carbocycles. The van der Waals surface area contributed by atoms with Crippen LogP contribution in [0.3, 0.4) is 0 Å². The number of phenolic OH excluding ortho intramolecular Hbond substituents is 1. The summed E-state index contributed by atoms with van der Waals surface area (Å²) in [5.74, 6) is -1.03. The van der Waals surface area contributed by atoms with Crippen LogP contribution >= 0.6 is 0 Å². The maximum atomic E-state index is 12.7. The quantitative estimate of drug-likeness (QED) is 0.636. The second-order valence-corrected chi connectivity index (χ2v) is 2.85. The van der Waals surface area contributed by atoms with Crippen LogP contribution in [0.5, 0.6) is 5.75 Å². The number of aromatic hydroxyl groups is 1. The first-order valence-corrected chi connectivity index (χ1v) is 3.73. The minimum Gasteiger partial charge on any atom is -0.505 e. The second kappa shape index (κ2) is 2.30. The first-order chi connectivity index (χ1) is 5.70. The van der Waals surface area contributed by atoms with Gasteiger partial charge in [0.15, 0.2) is 17.3 Å². The Morgan fingerprint density at radius 1 is 1.33 bits per heavy atom. The number of halogens is 1. The van der Waals surface area contributed by atoms with Crippen LogP contribution < -0.4 is 0 Å². The van der Waals surface area contributed by atoms with Gasteiger partial charge in [-0.2, -0.15) is 0 Å². The van der Waals surface area contributed by atoms with Crippen molar-refractivity contribution in [3.63, 3.8) is 0 Å². The van der Waals surface area contributed by atoms with Gasteiger partial charge in [-0.3, -0.25) is 4.79 Å². The average molecular weight is 166 g/mol. The molecule has 0 fully saturated rings. The molecular weight excluding hydrogens is 159 g/mol. The highest BCUT2D eigenvalue weighted by atomic mass is 19.1. The fraction of sp³-hybridized carbons (Fsp3) is 0.222. The SMILES string of the molecule is O=C1CCc2c1ccc(F)c2O. The summed E-state index contributed by atoms with van der Waals surface area (Å²) in [5, 5.41) is 9.21. The predicted octanol–water partition coefficient (Wildman–Crippen LogP) is 1.66. The van der Waals surface area contributed by atoms with Crippen molar-refractivity contribution in [2.45, 2.75) is 12.8 Å². The zero-order valence-electron chi connectivity index (χ0n) is 6.30. The molecular formula is C9H7FO2. The largest absolute Gasteiger partial charge is 0.505 e. The van der Waals surface area contributed by atoms with Gasteiger partial charge in [-0.1, -0.05) is 0 Å². The molecule has 0 unspecified atom stereocenters. The predicted molar refractivity (Wildman–Crippen MR) is 40.7 cm³/mol. The van der Waals surface area contributed by atoms with E-state index < -0.39 is 5.82 Å². The third kappa shape index (κ3) is 0.826. The molecule has 1 aliphatic rings. The van der Waals surface area contributed by atoms with Gasteiger partial charge in [0.05, 0.1) is 0 Å². The van der Waals surface area contributed by atoms with Crippen molar-refractivity contribution in [3.8, 4) is 5.75 Å². The van der Waals surface area contributed by atoms with Crippen molar-refractivity contribution < 1.29 is 14.3 Å².